The van der Waals surface area contributed by atoms with E-state index in [0.717, 1.165) is 0 Å². The van der Waals surface area contributed by atoms with Crippen LogP contribution < -0.4 is 14.2 Å². The van der Waals surface area contributed by atoms with Crippen LogP contribution in [0.1, 0.15) is 19.3 Å². The van der Waals surface area contributed by atoms with Gasteiger partial charge in [0, 0.05) is 39.0 Å². The average Bonchev–Trinajstić information content (AvgIpc) is 2.60. The van der Waals surface area contributed by atoms with Gasteiger partial charge in [0.25, 0.3) is 0 Å². The molecule has 10 heteroatoms. The molecule has 2 N–H and O–H groups in total. The Labute approximate surface area is 152 Å². The highest BCUT2D eigenvalue weighted by molar-refractivity contribution is 7.89. The molecular formula is C16H24N2O7S. The predicted octanol–water partition coefficient (Wildman–Crippen LogP) is 0.695. The van der Waals surface area contributed by atoms with Gasteiger partial charge in [0.05, 0.1) is 19.1 Å². The minimum absolute atomic E-state index is 0.00240. The van der Waals surface area contributed by atoms with Crippen molar-refractivity contribution in [3.63, 3.8) is 0 Å². The number of hydrogen-bond donors (Lipinski definition) is 2. The minimum atomic E-state index is -3.80. The van der Waals surface area contributed by atoms with Gasteiger partial charge in [0.1, 0.15) is 0 Å². The second-order valence-corrected chi connectivity index (χ2v) is 7.24. The summed E-state index contributed by atoms with van der Waals surface area (Å²) >= 11 is 0. The smallest absolute Gasteiger partial charge is 0.303 e. The van der Waals surface area contributed by atoms with Gasteiger partial charge >= 0.3 is 5.97 Å². The van der Waals surface area contributed by atoms with E-state index in [0.29, 0.717) is 18.7 Å². The number of sulfonamides is 1. The molecule has 1 aromatic rings. The lowest BCUT2D eigenvalue weighted by atomic mass is 10.3. The van der Waals surface area contributed by atoms with E-state index in [2.05, 4.69) is 4.72 Å². The molecule has 0 bridgehead atoms. The SMILES string of the molecule is COc1ccc(S(=O)(=O)NCCC(=O)N(C)CCCC(=O)O)cc1OC. The lowest BCUT2D eigenvalue weighted by Gasteiger charge is -2.17. The van der Waals surface area contributed by atoms with Crippen LogP contribution >= 0.6 is 0 Å². The van der Waals surface area contributed by atoms with Crippen molar-refractivity contribution in [2.45, 2.75) is 24.2 Å². The first-order valence-electron chi connectivity index (χ1n) is 7.88. The number of carbonyl (C=O) groups is 2. The van der Waals surface area contributed by atoms with Crippen LogP contribution in [-0.2, 0) is 19.6 Å². The van der Waals surface area contributed by atoms with Crippen molar-refractivity contribution in [1.29, 1.82) is 0 Å². The molecule has 0 aliphatic rings. The summed E-state index contributed by atoms with van der Waals surface area (Å²) in [7, 11) is 0.598. The molecule has 0 heterocycles. The molecule has 1 aromatic carbocycles. The summed E-state index contributed by atoms with van der Waals surface area (Å²) in [4.78, 5) is 23.8. The molecule has 26 heavy (non-hydrogen) atoms. The Balaban J connectivity index is 2.58. The predicted molar refractivity (Wildman–Crippen MR) is 93.9 cm³/mol. The molecule has 0 saturated heterocycles. The van der Waals surface area contributed by atoms with Crippen LogP contribution in [0.15, 0.2) is 23.1 Å². The van der Waals surface area contributed by atoms with Crippen molar-refractivity contribution in [1.82, 2.24) is 9.62 Å². The molecule has 1 rings (SSSR count). The molecule has 0 aliphatic carbocycles. The molecule has 0 atom stereocenters. The average molecular weight is 388 g/mol. The second-order valence-electron chi connectivity index (χ2n) is 5.48. The number of nitrogens with one attached hydrogen (secondary N) is 1. The van der Waals surface area contributed by atoms with Gasteiger partial charge in [-0.25, -0.2) is 13.1 Å². The largest absolute Gasteiger partial charge is 0.493 e. The number of carboxylic acids is 1. The van der Waals surface area contributed by atoms with Crippen LogP contribution in [-0.4, -0.2) is 64.7 Å². The molecular weight excluding hydrogens is 364 g/mol. The van der Waals surface area contributed by atoms with Crippen LogP contribution in [0, 0.1) is 0 Å². The summed E-state index contributed by atoms with van der Waals surface area (Å²) in [5, 5.41) is 8.58. The van der Waals surface area contributed by atoms with Gasteiger partial charge in [0.15, 0.2) is 11.5 Å². The third kappa shape index (κ3) is 6.52. The van der Waals surface area contributed by atoms with Gasteiger partial charge in [-0.3, -0.25) is 9.59 Å². The fourth-order valence-corrected chi connectivity index (χ4v) is 3.19. The molecule has 1 amide bonds. The van der Waals surface area contributed by atoms with Crippen LogP contribution in [0.4, 0.5) is 0 Å². The van der Waals surface area contributed by atoms with E-state index in [9.17, 15) is 18.0 Å². The van der Waals surface area contributed by atoms with Crippen molar-refractivity contribution in [3.05, 3.63) is 18.2 Å². The molecule has 0 unspecified atom stereocenters. The van der Waals surface area contributed by atoms with E-state index in [1.54, 1.807) is 7.05 Å². The zero-order valence-corrected chi connectivity index (χ0v) is 15.8. The summed E-state index contributed by atoms with van der Waals surface area (Å²) in [5.41, 5.74) is 0. The summed E-state index contributed by atoms with van der Waals surface area (Å²) < 4.78 is 37.1. The first-order chi connectivity index (χ1) is 12.2. The molecule has 0 fully saturated rings. The van der Waals surface area contributed by atoms with Gasteiger partial charge in [-0.15, -0.1) is 0 Å². The fraction of sp³-hybridized carbons (Fsp3) is 0.500. The lowest BCUT2D eigenvalue weighted by molar-refractivity contribution is -0.138. The summed E-state index contributed by atoms with van der Waals surface area (Å²) in [6.45, 7) is 0.229. The summed E-state index contributed by atoms with van der Waals surface area (Å²) in [5.74, 6) is -0.506. The third-order valence-corrected chi connectivity index (χ3v) is 5.06. The highest BCUT2D eigenvalue weighted by Gasteiger charge is 2.18. The number of rotatable bonds is 11. The Hall–Kier alpha value is -2.33. The number of amides is 1. The number of nitrogens with zero attached hydrogens (tertiary/aromatic N) is 1. The van der Waals surface area contributed by atoms with Gasteiger partial charge < -0.3 is 19.5 Å². The quantitative estimate of drug-likeness (QED) is 0.572. The van der Waals surface area contributed by atoms with E-state index in [-0.39, 0.29) is 35.9 Å². The summed E-state index contributed by atoms with van der Waals surface area (Å²) in [6.07, 6.45) is 0.286. The van der Waals surface area contributed by atoms with Crippen molar-refractivity contribution in [2.75, 3.05) is 34.4 Å². The molecule has 0 aliphatic heterocycles. The molecule has 146 valence electrons. The number of hydrogen-bond acceptors (Lipinski definition) is 6. The molecule has 0 saturated carbocycles. The Bertz CT molecular complexity index is 734. The Morgan fingerprint density at radius 2 is 1.81 bits per heavy atom. The summed E-state index contributed by atoms with van der Waals surface area (Å²) in [6, 6.07) is 4.19. The van der Waals surface area contributed by atoms with Crippen LogP contribution in [0.2, 0.25) is 0 Å². The highest BCUT2D eigenvalue weighted by atomic mass is 32.2. The van der Waals surface area contributed by atoms with Crippen LogP contribution in [0.3, 0.4) is 0 Å². The maximum atomic E-state index is 12.3. The van der Waals surface area contributed by atoms with Gasteiger partial charge in [-0.2, -0.15) is 0 Å². The Kier molecular flexibility index (Phi) is 8.33. The molecule has 0 spiro atoms. The van der Waals surface area contributed by atoms with Crippen LogP contribution in [0.25, 0.3) is 0 Å². The van der Waals surface area contributed by atoms with E-state index < -0.39 is 16.0 Å². The van der Waals surface area contributed by atoms with E-state index in [1.165, 1.54) is 37.3 Å². The molecule has 0 aromatic heterocycles. The monoisotopic (exact) mass is 388 g/mol. The Morgan fingerprint density at radius 1 is 1.15 bits per heavy atom. The maximum Gasteiger partial charge on any atom is 0.303 e. The number of carboxylic acid groups (broad SMARTS) is 1. The van der Waals surface area contributed by atoms with Gasteiger partial charge in [0.2, 0.25) is 15.9 Å². The normalized spacial score (nSPS) is 11.0. The Morgan fingerprint density at radius 3 is 2.38 bits per heavy atom. The first-order valence-corrected chi connectivity index (χ1v) is 9.37. The van der Waals surface area contributed by atoms with Crippen molar-refractivity contribution >= 4 is 21.9 Å². The topological polar surface area (TPSA) is 122 Å². The maximum absolute atomic E-state index is 12.3. The zero-order valence-electron chi connectivity index (χ0n) is 15.0. The van der Waals surface area contributed by atoms with Crippen LogP contribution in [0.5, 0.6) is 11.5 Å². The van der Waals surface area contributed by atoms with E-state index in [1.807, 2.05) is 0 Å². The number of methoxy groups -OCH3 is 2. The zero-order chi connectivity index (χ0) is 19.7. The van der Waals surface area contributed by atoms with E-state index >= 15 is 0 Å². The molecule has 9 nitrogen and oxygen atoms in total. The number of benzene rings is 1. The van der Waals surface area contributed by atoms with E-state index in [4.69, 9.17) is 14.6 Å². The minimum Gasteiger partial charge on any atom is -0.493 e. The van der Waals surface area contributed by atoms with Crippen molar-refractivity contribution in [3.8, 4) is 11.5 Å². The third-order valence-electron chi connectivity index (χ3n) is 3.61. The van der Waals surface area contributed by atoms with Gasteiger partial charge in [-0.1, -0.05) is 0 Å². The first kappa shape index (κ1) is 21.7. The lowest BCUT2D eigenvalue weighted by Crippen LogP contribution is -2.32. The number of aliphatic carboxylic acids is 1. The number of ether oxygens (including phenoxy) is 2. The van der Waals surface area contributed by atoms with Crippen molar-refractivity contribution < 1.29 is 32.6 Å². The van der Waals surface area contributed by atoms with Gasteiger partial charge in [-0.05, 0) is 18.6 Å². The fourth-order valence-electron chi connectivity index (χ4n) is 2.14. The standard InChI is InChI=1S/C16H24N2O7S/c1-18(10-4-5-16(20)21)15(19)8-9-17-26(22,23)12-6-7-13(24-2)14(11-12)25-3/h6-7,11,17H,4-5,8-10H2,1-3H3,(H,20,21). The van der Waals surface area contributed by atoms with Crippen molar-refractivity contribution in [2.24, 2.45) is 0 Å². The number of carbonyl (C=O) groups excluding carboxylic acids is 1. The molecule has 0 radical (unpaired) electrons. The highest BCUT2D eigenvalue weighted by Crippen LogP contribution is 2.29. The second kappa shape index (κ2) is 9.97.